The van der Waals surface area contributed by atoms with Crippen LogP contribution in [0, 0.1) is 0 Å². The molecule has 0 aromatic rings. The first-order valence-corrected chi connectivity index (χ1v) is 36.7. The number of carbonyl (C=O) groups is 1. The van der Waals surface area contributed by atoms with E-state index in [1.54, 1.807) is 6.08 Å². The lowest BCUT2D eigenvalue weighted by Gasteiger charge is -2.46. The average Bonchev–Trinajstić information content (AvgIpc) is 2.59. The average molecular weight is 1240 g/mol. The number of ether oxygens (including phenoxy) is 4. The molecule has 0 aromatic carbocycles. The van der Waals surface area contributed by atoms with Crippen molar-refractivity contribution in [2.45, 2.75) is 402 Å². The van der Waals surface area contributed by atoms with Crippen molar-refractivity contribution < 1.29 is 64.6 Å². The van der Waals surface area contributed by atoms with Crippen molar-refractivity contribution >= 4 is 5.91 Å². The number of hydrogen-bond acceptors (Lipinski definition) is 13. The Kier molecular flexibility index (Phi) is 54.3. The third-order valence-corrected chi connectivity index (χ3v) is 18.0. The Morgan fingerprint density at radius 2 is 0.736 bits per heavy atom. The molecule has 2 heterocycles. The van der Waals surface area contributed by atoms with Gasteiger partial charge >= 0.3 is 0 Å². The van der Waals surface area contributed by atoms with E-state index < -0.39 is 86.8 Å². The first-order chi connectivity index (χ1) is 42.6. The minimum absolute atomic E-state index is 0.243. The van der Waals surface area contributed by atoms with Crippen molar-refractivity contribution in [1.82, 2.24) is 5.32 Å². The van der Waals surface area contributed by atoms with Crippen molar-refractivity contribution in [3.63, 3.8) is 0 Å². The maximum atomic E-state index is 13.3. The van der Waals surface area contributed by atoms with Crippen LogP contribution in [0.1, 0.15) is 328 Å². The van der Waals surface area contributed by atoms with Gasteiger partial charge in [0.2, 0.25) is 5.91 Å². The molecule has 2 rings (SSSR count). The van der Waals surface area contributed by atoms with E-state index in [4.69, 9.17) is 18.9 Å². The minimum Gasteiger partial charge on any atom is -0.394 e. The quantitative estimate of drug-likeness (QED) is 0.0204. The van der Waals surface area contributed by atoms with Crippen LogP contribution < -0.4 is 5.32 Å². The number of amides is 1. The summed E-state index contributed by atoms with van der Waals surface area (Å²) in [5.74, 6) is -0.243. The summed E-state index contributed by atoms with van der Waals surface area (Å²) in [6.07, 6.45) is 57.9. The van der Waals surface area contributed by atoms with Gasteiger partial charge in [-0.25, -0.2) is 0 Å². The van der Waals surface area contributed by atoms with Gasteiger partial charge in [-0.3, -0.25) is 4.79 Å². The summed E-state index contributed by atoms with van der Waals surface area (Å²) in [5, 5.41) is 87.4. The van der Waals surface area contributed by atoms with Gasteiger partial charge in [0.15, 0.2) is 12.6 Å². The fraction of sp³-hybridized carbons (Fsp3) is 0.904. The zero-order chi connectivity index (χ0) is 63.1. The highest BCUT2D eigenvalue weighted by Gasteiger charge is 2.51. The van der Waals surface area contributed by atoms with Crippen LogP contribution in [0.4, 0.5) is 0 Å². The number of aliphatic hydroxyl groups is 8. The molecule has 2 fully saturated rings. The number of hydrogen-bond donors (Lipinski definition) is 9. The summed E-state index contributed by atoms with van der Waals surface area (Å²) in [7, 11) is 0. The Morgan fingerprint density at radius 1 is 0.402 bits per heavy atom. The predicted molar refractivity (Wildman–Crippen MR) is 355 cm³/mol. The Bertz CT molecular complexity index is 1600. The first-order valence-electron chi connectivity index (χ1n) is 36.7. The number of allylic oxidation sites excluding steroid dienone is 5. The molecule has 0 saturated carbocycles. The predicted octanol–water partition coefficient (Wildman–Crippen LogP) is 15.3. The highest BCUT2D eigenvalue weighted by Crippen LogP contribution is 2.30. The van der Waals surface area contributed by atoms with Crippen molar-refractivity contribution in [3.8, 4) is 0 Å². The zero-order valence-electron chi connectivity index (χ0n) is 55.8. The third-order valence-electron chi connectivity index (χ3n) is 18.0. The van der Waals surface area contributed by atoms with Gasteiger partial charge in [0.05, 0.1) is 32.0 Å². The van der Waals surface area contributed by atoms with Crippen molar-refractivity contribution in [3.05, 3.63) is 36.5 Å². The Balaban J connectivity index is 1.64. The molecule has 0 aliphatic carbocycles. The van der Waals surface area contributed by atoms with Gasteiger partial charge < -0.3 is 65.1 Å². The van der Waals surface area contributed by atoms with Crippen molar-refractivity contribution in [1.29, 1.82) is 0 Å². The normalized spacial score (nSPS) is 23.4. The van der Waals surface area contributed by atoms with Gasteiger partial charge in [0, 0.05) is 6.42 Å². The minimum atomic E-state index is -1.79. The van der Waals surface area contributed by atoms with E-state index >= 15 is 0 Å². The summed E-state index contributed by atoms with van der Waals surface area (Å²) in [6.45, 7) is 2.83. The second-order valence-electron chi connectivity index (χ2n) is 26.1. The molecular weight excluding hydrogens is 1100 g/mol. The first kappa shape index (κ1) is 81.3. The summed E-state index contributed by atoms with van der Waals surface area (Å²) in [6, 6.07) is -0.931. The van der Waals surface area contributed by atoms with Crippen LogP contribution in [-0.4, -0.2) is 140 Å². The van der Waals surface area contributed by atoms with Crippen molar-refractivity contribution in [2.75, 3.05) is 19.8 Å². The highest BCUT2D eigenvalue weighted by molar-refractivity contribution is 5.76. The lowest BCUT2D eigenvalue weighted by molar-refractivity contribution is -0.359. The van der Waals surface area contributed by atoms with E-state index in [9.17, 15) is 45.6 Å². The Morgan fingerprint density at radius 3 is 1.13 bits per heavy atom. The van der Waals surface area contributed by atoms with Gasteiger partial charge in [0.25, 0.3) is 0 Å². The standard InChI is InChI=1S/C73H137NO13/c1-3-5-7-9-11-13-15-17-19-21-23-25-26-27-28-29-30-31-32-33-34-35-36-37-39-41-43-45-47-49-51-53-55-57-65(78)74-61(62(77)56-54-52-50-48-46-44-42-40-38-24-22-20-18-16-14-12-10-8-6-4-2)60-84-72-70(83)68(81)71(64(59-76)86-72)87-73-69(82)67(80)66(79)63(58-75)85-73/h21,23,46,48,54,56,61-64,66-73,75-77,79-83H,3-20,22,24-45,47,49-53,55,57-60H2,1-2H3,(H,74,78)/b23-21-,48-46+,56-54+. The van der Waals surface area contributed by atoms with Crippen LogP contribution in [-0.2, 0) is 23.7 Å². The number of unbranched alkanes of at least 4 members (excludes halogenated alkanes) is 44. The van der Waals surface area contributed by atoms with Crippen molar-refractivity contribution in [2.24, 2.45) is 0 Å². The number of aliphatic hydroxyl groups excluding tert-OH is 8. The molecule has 0 spiro atoms. The summed E-state index contributed by atoms with van der Waals surface area (Å²) in [4.78, 5) is 13.3. The monoisotopic (exact) mass is 1240 g/mol. The molecule has 0 bridgehead atoms. The van der Waals surface area contributed by atoms with E-state index in [0.29, 0.717) is 12.8 Å². The summed E-state index contributed by atoms with van der Waals surface area (Å²) >= 11 is 0. The topological polar surface area (TPSA) is 228 Å². The fourth-order valence-electron chi connectivity index (χ4n) is 12.2. The maximum absolute atomic E-state index is 13.3. The molecule has 12 atom stereocenters. The zero-order valence-corrected chi connectivity index (χ0v) is 55.8. The second kappa shape index (κ2) is 58.1. The molecular formula is C73H137NO13. The van der Waals surface area contributed by atoms with E-state index in [1.807, 2.05) is 6.08 Å². The fourth-order valence-corrected chi connectivity index (χ4v) is 12.2. The third kappa shape index (κ3) is 42.1. The SMILES string of the molecule is CCCCCCCCCC/C=C\CCCCCCCCCCCCCCCCCCCCCCCC(=O)NC(COC1OC(CO)C(OC2OC(CO)C(O)C(O)C2O)C(O)C1O)C(O)/C=C/CC/C=C/CCCCCCCCCCCCCCCC. The molecule has 2 aliphatic rings. The van der Waals surface area contributed by atoms with E-state index in [2.05, 4.69) is 43.5 Å². The van der Waals surface area contributed by atoms with E-state index in [1.165, 1.54) is 263 Å². The number of nitrogens with one attached hydrogen (secondary N) is 1. The van der Waals surface area contributed by atoms with Crippen LogP contribution in [0.25, 0.3) is 0 Å². The Hall–Kier alpha value is -1.79. The molecule has 1 amide bonds. The molecule has 14 heteroatoms. The van der Waals surface area contributed by atoms with Crippen LogP contribution >= 0.6 is 0 Å². The van der Waals surface area contributed by atoms with Crippen LogP contribution in [0.3, 0.4) is 0 Å². The Labute approximate surface area is 531 Å². The molecule has 2 saturated heterocycles. The van der Waals surface area contributed by atoms with Gasteiger partial charge in [-0.15, -0.1) is 0 Å². The van der Waals surface area contributed by atoms with Gasteiger partial charge in [0.1, 0.15) is 48.8 Å². The molecule has 9 N–H and O–H groups in total. The summed E-state index contributed by atoms with van der Waals surface area (Å²) < 4.78 is 22.8. The molecule has 2 aliphatic heterocycles. The summed E-state index contributed by atoms with van der Waals surface area (Å²) in [5.41, 5.74) is 0. The molecule has 87 heavy (non-hydrogen) atoms. The molecule has 12 unspecified atom stereocenters. The number of carbonyl (C=O) groups excluding carboxylic acids is 1. The smallest absolute Gasteiger partial charge is 0.220 e. The second-order valence-corrected chi connectivity index (χ2v) is 26.1. The molecule has 14 nitrogen and oxygen atoms in total. The maximum Gasteiger partial charge on any atom is 0.220 e. The lowest BCUT2D eigenvalue weighted by atomic mass is 9.97. The van der Waals surface area contributed by atoms with E-state index in [0.717, 1.165) is 32.1 Å². The lowest BCUT2D eigenvalue weighted by Crippen LogP contribution is -2.65. The van der Waals surface area contributed by atoms with Crippen LogP contribution in [0.5, 0.6) is 0 Å². The highest BCUT2D eigenvalue weighted by atomic mass is 16.7. The molecule has 512 valence electrons. The van der Waals surface area contributed by atoms with Gasteiger partial charge in [-0.05, 0) is 57.8 Å². The largest absolute Gasteiger partial charge is 0.394 e. The van der Waals surface area contributed by atoms with Gasteiger partial charge in [-0.1, -0.05) is 301 Å². The van der Waals surface area contributed by atoms with E-state index in [-0.39, 0.29) is 18.9 Å². The van der Waals surface area contributed by atoms with Gasteiger partial charge in [-0.2, -0.15) is 0 Å². The van der Waals surface area contributed by atoms with Crippen LogP contribution in [0.2, 0.25) is 0 Å². The molecule has 0 radical (unpaired) electrons. The van der Waals surface area contributed by atoms with Crippen LogP contribution in [0.15, 0.2) is 36.5 Å². The number of rotatable bonds is 61. The molecule has 0 aromatic heterocycles.